The number of rotatable bonds is 0. The van der Waals surface area contributed by atoms with E-state index in [2.05, 4.69) is 11.6 Å². The fourth-order valence-corrected chi connectivity index (χ4v) is 0.359. The molecule has 0 spiro atoms. The smallest absolute Gasteiger partial charge is 0.246 e. The second-order valence-electron chi connectivity index (χ2n) is 1.02. The third-order valence-electron chi connectivity index (χ3n) is 0.319. The molecular formula is C4H5O2P. The second kappa shape index (κ2) is 3.80. The van der Waals surface area contributed by atoms with Gasteiger partial charge in [-0.15, -0.1) is 0 Å². The predicted octanol–water partition coefficient (Wildman–Crippen LogP) is 0.620. The first-order chi connectivity index (χ1) is 3.27. The van der Waals surface area contributed by atoms with Gasteiger partial charge in [0.05, 0.1) is 0 Å². The van der Waals surface area contributed by atoms with Gasteiger partial charge in [0, 0.05) is 5.66 Å². The third-order valence-corrected chi connectivity index (χ3v) is 0.539. The quantitative estimate of drug-likeness (QED) is 0.372. The van der Waals surface area contributed by atoms with E-state index in [9.17, 15) is 4.57 Å². The van der Waals surface area contributed by atoms with Crippen LogP contribution in [-0.4, -0.2) is 11.2 Å². The van der Waals surface area contributed by atoms with Gasteiger partial charge in [-0.2, -0.15) is 0 Å². The Labute approximate surface area is 43.7 Å². The van der Waals surface area contributed by atoms with Crippen molar-refractivity contribution in [1.29, 1.82) is 0 Å². The van der Waals surface area contributed by atoms with E-state index in [-0.39, 0.29) is 8.46 Å². The molecule has 38 valence electrons. The van der Waals surface area contributed by atoms with Crippen molar-refractivity contribution in [3.63, 3.8) is 0 Å². The molecule has 0 rings (SSSR count). The minimum atomic E-state index is -0.665. The van der Waals surface area contributed by atoms with Crippen LogP contribution >= 0.6 is 8.46 Å². The number of hydrogen-bond donors (Lipinski definition) is 1. The lowest BCUT2D eigenvalue weighted by Gasteiger charge is -1.81. The average Bonchev–Trinajstić information content (AvgIpc) is 1.61. The van der Waals surface area contributed by atoms with Crippen LogP contribution < -0.4 is 0 Å². The van der Waals surface area contributed by atoms with Gasteiger partial charge in [0.15, 0.2) is 0 Å². The van der Waals surface area contributed by atoms with Gasteiger partial charge in [0.1, 0.15) is 6.10 Å². The largest absolute Gasteiger partial charge is 0.381 e. The zero-order chi connectivity index (χ0) is 5.70. The van der Waals surface area contributed by atoms with Crippen molar-refractivity contribution < 1.29 is 9.67 Å². The van der Waals surface area contributed by atoms with Gasteiger partial charge in [0.2, 0.25) is 8.46 Å². The van der Waals surface area contributed by atoms with Crippen molar-refractivity contribution in [2.45, 2.75) is 13.0 Å². The number of aliphatic hydroxyl groups excluding tert-OH is 1. The normalized spacial score (nSPS) is 12.3. The van der Waals surface area contributed by atoms with Crippen LogP contribution in [0.1, 0.15) is 6.92 Å². The Morgan fingerprint density at radius 3 is 2.57 bits per heavy atom. The molecule has 0 amide bonds. The first-order valence-corrected chi connectivity index (χ1v) is 2.59. The van der Waals surface area contributed by atoms with E-state index in [1.807, 2.05) is 0 Å². The Kier molecular flexibility index (Phi) is 3.59. The van der Waals surface area contributed by atoms with Gasteiger partial charge in [-0.25, -0.2) is 0 Å². The summed E-state index contributed by atoms with van der Waals surface area (Å²) in [6, 6.07) is 0. The van der Waals surface area contributed by atoms with Crippen LogP contribution in [0, 0.1) is 11.6 Å². The first kappa shape index (κ1) is 6.62. The second-order valence-corrected chi connectivity index (χ2v) is 1.43. The van der Waals surface area contributed by atoms with Crippen molar-refractivity contribution in [2.75, 3.05) is 0 Å². The zero-order valence-corrected chi connectivity index (χ0v) is 4.77. The van der Waals surface area contributed by atoms with Gasteiger partial charge in [-0.3, -0.25) is 4.57 Å². The highest BCUT2D eigenvalue weighted by Gasteiger charge is 1.79. The topological polar surface area (TPSA) is 37.3 Å². The molecule has 0 radical (unpaired) electrons. The van der Waals surface area contributed by atoms with E-state index in [1.165, 1.54) is 6.92 Å². The maximum absolute atomic E-state index is 9.52. The molecule has 0 aliphatic heterocycles. The molecule has 2 nitrogen and oxygen atoms in total. The molecule has 0 aliphatic rings. The lowest BCUT2D eigenvalue weighted by molar-refractivity contribution is 0.253. The monoisotopic (exact) mass is 116 g/mol. The van der Waals surface area contributed by atoms with Crippen molar-refractivity contribution in [2.24, 2.45) is 0 Å². The fraction of sp³-hybridized carbons (Fsp3) is 0.500. The van der Waals surface area contributed by atoms with Crippen molar-refractivity contribution in [1.82, 2.24) is 0 Å². The highest BCUT2D eigenvalue weighted by molar-refractivity contribution is 7.30. The van der Waals surface area contributed by atoms with E-state index in [0.717, 1.165) is 0 Å². The Hall–Kier alpha value is -0.380. The third kappa shape index (κ3) is 5.62. The van der Waals surface area contributed by atoms with E-state index in [0.29, 0.717) is 0 Å². The predicted molar refractivity (Wildman–Crippen MR) is 27.1 cm³/mol. The van der Waals surface area contributed by atoms with Gasteiger partial charge in [-0.05, 0) is 6.92 Å². The molecule has 0 aromatic rings. The molecule has 1 unspecified atom stereocenters. The molecule has 3 heteroatoms. The molecule has 0 saturated heterocycles. The maximum atomic E-state index is 9.52. The van der Waals surface area contributed by atoms with E-state index in [4.69, 9.17) is 5.11 Å². The highest BCUT2D eigenvalue weighted by atomic mass is 31.1. The van der Waals surface area contributed by atoms with Crippen LogP contribution in [0.2, 0.25) is 0 Å². The average molecular weight is 116 g/mol. The number of aliphatic hydroxyl groups is 1. The summed E-state index contributed by atoms with van der Waals surface area (Å²) < 4.78 is 9.52. The Bertz CT molecular complexity index is 109. The van der Waals surface area contributed by atoms with Crippen molar-refractivity contribution in [3.8, 4) is 11.6 Å². The van der Waals surface area contributed by atoms with Crippen LogP contribution in [0.5, 0.6) is 0 Å². The lowest BCUT2D eigenvalue weighted by atomic mass is 10.4. The minimum absolute atomic E-state index is 0.231. The summed E-state index contributed by atoms with van der Waals surface area (Å²) in [5.74, 6) is 2.28. The summed E-state index contributed by atoms with van der Waals surface area (Å²) in [6.07, 6.45) is -0.665. The molecule has 0 aliphatic carbocycles. The van der Waals surface area contributed by atoms with E-state index >= 15 is 0 Å². The fourth-order valence-electron chi connectivity index (χ4n) is 0.120. The maximum Gasteiger partial charge on any atom is 0.246 e. The Morgan fingerprint density at radius 1 is 1.86 bits per heavy atom. The summed E-state index contributed by atoms with van der Waals surface area (Å²) in [4.78, 5) is 0. The Morgan fingerprint density at radius 2 is 2.43 bits per heavy atom. The first-order valence-electron chi connectivity index (χ1n) is 1.78. The van der Waals surface area contributed by atoms with Gasteiger partial charge >= 0.3 is 0 Å². The summed E-state index contributed by atoms with van der Waals surface area (Å²) >= 11 is 0. The molecular weight excluding hydrogens is 111 g/mol. The van der Waals surface area contributed by atoms with E-state index in [1.54, 1.807) is 0 Å². The van der Waals surface area contributed by atoms with Crippen LogP contribution in [0.3, 0.4) is 0 Å². The summed E-state index contributed by atoms with van der Waals surface area (Å²) in [7, 11) is -0.231. The van der Waals surface area contributed by atoms with Gasteiger partial charge in [-0.1, -0.05) is 5.92 Å². The highest BCUT2D eigenvalue weighted by Crippen LogP contribution is 1.83. The summed E-state index contributed by atoms with van der Waals surface area (Å²) in [5.41, 5.74) is 2.16. The summed E-state index contributed by atoms with van der Waals surface area (Å²) in [5, 5.41) is 8.37. The van der Waals surface area contributed by atoms with E-state index < -0.39 is 6.10 Å². The zero-order valence-electron chi connectivity index (χ0n) is 3.88. The van der Waals surface area contributed by atoms with Crippen LogP contribution in [0.25, 0.3) is 0 Å². The van der Waals surface area contributed by atoms with Crippen LogP contribution in [-0.2, 0) is 4.57 Å². The lowest BCUT2D eigenvalue weighted by Crippen LogP contribution is -1.90. The number of hydrogen-bond acceptors (Lipinski definition) is 2. The standard InChI is InChI=1S/C4H5O2P/c1-4(5)2-3-7-6/h4-5H,1H3. The van der Waals surface area contributed by atoms with Crippen LogP contribution in [0.4, 0.5) is 0 Å². The van der Waals surface area contributed by atoms with Gasteiger partial charge < -0.3 is 5.11 Å². The van der Waals surface area contributed by atoms with Gasteiger partial charge in [0.25, 0.3) is 0 Å². The molecule has 0 fully saturated rings. The molecule has 0 heterocycles. The van der Waals surface area contributed by atoms with Crippen molar-refractivity contribution in [3.05, 3.63) is 0 Å². The molecule has 1 atom stereocenters. The minimum Gasteiger partial charge on any atom is -0.381 e. The van der Waals surface area contributed by atoms with Crippen LogP contribution in [0.15, 0.2) is 0 Å². The summed E-state index contributed by atoms with van der Waals surface area (Å²) in [6.45, 7) is 1.51. The molecule has 0 aromatic heterocycles. The SMILES string of the molecule is CC(O)C#CP=O. The molecule has 7 heavy (non-hydrogen) atoms. The Balaban J connectivity index is 3.43. The van der Waals surface area contributed by atoms with Crippen molar-refractivity contribution >= 4 is 8.46 Å². The molecule has 0 bridgehead atoms. The molecule has 0 aromatic carbocycles. The molecule has 0 saturated carbocycles. The molecule has 1 N–H and O–H groups in total.